The van der Waals surface area contributed by atoms with Gasteiger partial charge in [-0.25, -0.2) is 4.98 Å². The Morgan fingerprint density at radius 2 is 1.89 bits per heavy atom. The van der Waals surface area contributed by atoms with Gasteiger partial charge in [0.2, 0.25) is 11.8 Å². The molecule has 1 aliphatic rings. The van der Waals surface area contributed by atoms with E-state index in [1.165, 1.54) is 0 Å². The molecule has 0 radical (unpaired) electrons. The van der Waals surface area contributed by atoms with E-state index in [4.69, 9.17) is 15.5 Å². The van der Waals surface area contributed by atoms with Gasteiger partial charge in [0.1, 0.15) is 11.6 Å². The molecule has 1 saturated heterocycles. The number of aromatic nitrogens is 2. The molecular weight excluding hydrogens is 480 g/mol. The molecule has 2 amide bonds. The first kappa shape index (κ1) is 27.4. The Bertz CT molecular complexity index is 1280. The zero-order chi connectivity index (χ0) is 27.4. The van der Waals surface area contributed by atoms with Crippen LogP contribution in [0.3, 0.4) is 0 Å². The molecule has 0 aliphatic carbocycles. The molecule has 4 rings (SSSR count). The fourth-order valence-electron chi connectivity index (χ4n) is 5.29. The molecule has 0 unspecified atom stereocenters. The molecule has 8 heteroatoms. The van der Waals surface area contributed by atoms with Crippen LogP contribution in [0.1, 0.15) is 79.3 Å². The summed E-state index contributed by atoms with van der Waals surface area (Å²) in [6, 6.07) is 13.5. The Kier molecular flexibility index (Phi) is 8.52. The van der Waals surface area contributed by atoms with Crippen LogP contribution >= 0.6 is 0 Å². The third-order valence-electron chi connectivity index (χ3n) is 7.17. The van der Waals surface area contributed by atoms with Crippen LogP contribution in [0.15, 0.2) is 48.7 Å². The minimum atomic E-state index is -0.495. The number of hydrogen-bond donors (Lipinski definition) is 2. The molecule has 38 heavy (non-hydrogen) atoms. The molecule has 1 aromatic heterocycles. The van der Waals surface area contributed by atoms with Crippen LogP contribution in [-0.2, 0) is 18.3 Å². The average molecular weight is 519 g/mol. The van der Waals surface area contributed by atoms with Crippen molar-refractivity contribution in [1.29, 1.82) is 0 Å². The van der Waals surface area contributed by atoms with Gasteiger partial charge in [-0.15, -0.1) is 0 Å². The standard InChI is InChI=1S/C30H38N4O4/c1-19(2)38-24-11-12-25(29(31)37)26(17-24)23(13-15-35)16-21-7-9-22(10-8-21)27-18-33(4)30(32-27)20(3)34-14-5-6-28(34)36/h7-12,17-20,23,35H,5-6,13-16H2,1-4H3,(H2,31,37)/t20-,23-/m1/s1. The second-order valence-electron chi connectivity index (χ2n) is 10.4. The molecule has 202 valence electrons. The van der Waals surface area contributed by atoms with Crippen molar-refractivity contribution in [2.45, 2.75) is 64.5 Å². The molecule has 0 bridgehead atoms. The fraction of sp³-hybridized carbons (Fsp3) is 0.433. The van der Waals surface area contributed by atoms with Crippen molar-refractivity contribution in [3.8, 4) is 17.0 Å². The van der Waals surface area contributed by atoms with Gasteiger partial charge in [-0.3, -0.25) is 9.59 Å². The number of benzene rings is 2. The molecule has 1 fully saturated rings. The number of amides is 2. The van der Waals surface area contributed by atoms with Crippen LogP contribution < -0.4 is 10.5 Å². The monoisotopic (exact) mass is 518 g/mol. The number of carbonyl (C=O) groups excluding carboxylic acids is 2. The van der Waals surface area contributed by atoms with E-state index in [0.29, 0.717) is 30.6 Å². The largest absolute Gasteiger partial charge is 0.491 e. The lowest BCUT2D eigenvalue weighted by molar-refractivity contribution is -0.129. The number of hydrogen-bond acceptors (Lipinski definition) is 5. The molecule has 2 aromatic carbocycles. The molecule has 1 aliphatic heterocycles. The number of aryl methyl sites for hydroxylation is 1. The Hall–Kier alpha value is -3.65. The van der Waals surface area contributed by atoms with Gasteiger partial charge in [-0.1, -0.05) is 24.3 Å². The van der Waals surface area contributed by atoms with Crippen molar-refractivity contribution in [3.05, 3.63) is 71.2 Å². The van der Waals surface area contributed by atoms with Crippen LogP contribution in [0.5, 0.6) is 5.75 Å². The molecule has 2 atom stereocenters. The van der Waals surface area contributed by atoms with E-state index in [0.717, 1.165) is 41.2 Å². The first-order chi connectivity index (χ1) is 18.2. The molecule has 3 N–H and O–H groups in total. The first-order valence-electron chi connectivity index (χ1n) is 13.3. The summed E-state index contributed by atoms with van der Waals surface area (Å²) in [6.45, 7) is 6.69. The van der Waals surface area contributed by atoms with E-state index in [9.17, 15) is 14.7 Å². The van der Waals surface area contributed by atoms with Gasteiger partial charge in [-0.2, -0.15) is 0 Å². The number of nitrogens with zero attached hydrogens (tertiary/aromatic N) is 3. The summed E-state index contributed by atoms with van der Waals surface area (Å²) in [6.07, 6.45) is 4.62. The lowest BCUT2D eigenvalue weighted by Crippen LogP contribution is -2.29. The number of nitrogens with two attached hydrogens (primary N) is 1. The highest BCUT2D eigenvalue weighted by Gasteiger charge is 2.28. The summed E-state index contributed by atoms with van der Waals surface area (Å²) < 4.78 is 7.85. The fourth-order valence-corrected chi connectivity index (χ4v) is 5.29. The van der Waals surface area contributed by atoms with Crippen molar-refractivity contribution < 1.29 is 19.4 Å². The van der Waals surface area contributed by atoms with Gasteiger partial charge in [0.25, 0.3) is 0 Å². The van der Waals surface area contributed by atoms with E-state index >= 15 is 0 Å². The molecule has 2 heterocycles. The maximum absolute atomic E-state index is 12.2. The average Bonchev–Trinajstić information content (AvgIpc) is 3.48. The van der Waals surface area contributed by atoms with Crippen LogP contribution in [0.2, 0.25) is 0 Å². The van der Waals surface area contributed by atoms with Crippen molar-refractivity contribution in [2.24, 2.45) is 12.8 Å². The van der Waals surface area contributed by atoms with Crippen molar-refractivity contribution in [3.63, 3.8) is 0 Å². The molecule has 0 spiro atoms. The van der Waals surface area contributed by atoms with Gasteiger partial charge in [0.15, 0.2) is 0 Å². The highest BCUT2D eigenvalue weighted by atomic mass is 16.5. The van der Waals surface area contributed by atoms with Gasteiger partial charge < -0.3 is 25.0 Å². The molecule has 8 nitrogen and oxygen atoms in total. The molecular formula is C30H38N4O4. The highest BCUT2D eigenvalue weighted by Crippen LogP contribution is 2.32. The SMILES string of the molecule is CC(C)Oc1ccc(C(N)=O)c([C@H](CCO)Cc2ccc(-c3cn(C)c([C@@H](C)N4CCCC4=O)n3)cc2)c1. The Morgan fingerprint density at radius 1 is 1.16 bits per heavy atom. The minimum Gasteiger partial charge on any atom is -0.491 e. The minimum absolute atomic E-state index is 0.00273. The maximum atomic E-state index is 12.2. The van der Waals surface area contributed by atoms with Crippen LogP contribution in [0.25, 0.3) is 11.3 Å². The summed E-state index contributed by atoms with van der Waals surface area (Å²) >= 11 is 0. The third-order valence-corrected chi connectivity index (χ3v) is 7.17. The number of ether oxygens (including phenoxy) is 1. The zero-order valence-corrected chi connectivity index (χ0v) is 22.7. The van der Waals surface area contributed by atoms with E-state index in [-0.39, 0.29) is 30.6 Å². The lowest BCUT2D eigenvalue weighted by Gasteiger charge is -2.23. The van der Waals surface area contributed by atoms with Crippen LogP contribution in [-0.4, -0.2) is 50.6 Å². The second-order valence-corrected chi connectivity index (χ2v) is 10.4. The zero-order valence-electron chi connectivity index (χ0n) is 22.7. The van der Waals surface area contributed by atoms with Gasteiger partial charge in [0.05, 0.1) is 17.8 Å². The number of imidazole rings is 1. The lowest BCUT2D eigenvalue weighted by atomic mass is 9.86. The quantitative estimate of drug-likeness (QED) is 0.392. The van der Waals surface area contributed by atoms with E-state index < -0.39 is 5.91 Å². The number of primary amides is 1. The third kappa shape index (κ3) is 6.07. The maximum Gasteiger partial charge on any atom is 0.248 e. The van der Waals surface area contributed by atoms with Crippen molar-refractivity contribution in [2.75, 3.05) is 13.2 Å². The normalized spacial score (nSPS) is 15.2. The number of aliphatic hydroxyl groups excluding tert-OH is 1. The van der Waals surface area contributed by atoms with E-state index in [1.54, 1.807) is 12.1 Å². The molecule has 0 saturated carbocycles. The molecule has 3 aromatic rings. The summed E-state index contributed by atoms with van der Waals surface area (Å²) in [5, 5.41) is 9.80. The van der Waals surface area contributed by atoms with Gasteiger partial charge in [-0.05, 0) is 75.3 Å². The van der Waals surface area contributed by atoms with Crippen LogP contribution in [0, 0.1) is 0 Å². The highest BCUT2D eigenvalue weighted by molar-refractivity contribution is 5.94. The van der Waals surface area contributed by atoms with E-state index in [2.05, 4.69) is 12.1 Å². The predicted octanol–water partition coefficient (Wildman–Crippen LogP) is 4.37. The summed E-state index contributed by atoms with van der Waals surface area (Å²) in [5.74, 6) is 1.12. The Balaban J connectivity index is 1.56. The van der Waals surface area contributed by atoms with Crippen LogP contribution in [0.4, 0.5) is 0 Å². The first-order valence-corrected chi connectivity index (χ1v) is 13.3. The topological polar surface area (TPSA) is 111 Å². The summed E-state index contributed by atoms with van der Waals surface area (Å²) in [5.41, 5.74) is 9.84. The number of aliphatic hydroxyl groups is 1. The van der Waals surface area contributed by atoms with Crippen molar-refractivity contribution >= 4 is 11.8 Å². The van der Waals surface area contributed by atoms with E-state index in [1.807, 2.05) is 61.7 Å². The number of likely N-dealkylation sites (tertiary alicyclic amines) is 1. The summed E-state index contributed by atoms with van der Waals surface area (Å²) in [7, 11) is 1.96. The Morgan fingerprint density at radius 3 is 2.50 bits per heavy atom. The van der Waals surface area contributed by atoms with Gasteiger partial charge in [0, 0.05) is 43.9 Å². The number of carbonyl (C=O) groups is 2. The predicted molar refractivity (Wildman–Crippen MR) is 147 cm³/mol. The van der Waals surface area contributed by atoms with Gasteiger partial charge >= 0.3 is 0 Å². The Labute approximate surface area is 224 Å². The van der Waals surface area contributed by atoms with Crippen molar-refractivity contribution in [1.82, 2.24) is 14.5 Å². The second kappa shape index (κ2) is 11.8. The smallest absolute Gasteiger partial charge is 0.248 e. The summed E-state index contributed by atoms with van der Waals surface area (Å²) in [4.78, 5) is 31.2. The number of rotatable bonds is 11.